The lowest BCUT2D eigenvalue weighted by atomic mass is 9.72. The molecule has 0 amide bonds. The lowest BCUT2D eigenvalue weighted by Gasteiger charge is -2.39. The number of unbranched alkanes of at least 4 members (excludes halogenated alkanes) is 5. The van der Waals surface area contributed by atoms with E-state index in [-0.39, 0.29) is 0 Å². The van der Waals surface area contributed by atoms with Crippen LogP contribution in [0, 0.1) is 5.92 Å². The van der Waals surface area contributed by atoms with Gasteiger partial charge in [0.15, 0.2) is 0 Å². The maximum absolute atomic E-state index is 10.8. The van der Waals surface area contributed by atoms with E-state index >= 15 is 0 Å². The minimum Gasteiger partial charge on any atom is -0.480 e. The zero-order valence-electron chi connectivity index (χ0n) is 10.2. The Hall–Kier alpha value is -0.240. The van der Waals surface area contributed by atoms with Gasteiger partial charge in [-0.25, -0.2) is 0 Å². The van der Waals surface area contributed by atoms with Gasteiger partial charge in [-0.1, -0.05) is 51.9 Å². The van der Waals surface area contributed by atoms with Crippen molar-refractivity contribution in [2.75, 3.05) is 0 Å². The Labute approximate surface area is 103 Å². The highest BCUT2D eigenvalue weighted by molar-refractivity contribution is 6.34. The van der Waals surface area contributed by atoms with E-state index in [0.29, 0.717) is 18.8 Å². The first kappa shape index (κ1) is 13.8. The third-order valence-corrected chi connectivity index (χ3v) is 4.04. The third kappa shape index (κ3) is 3.97. The van der Waals surface area contributed by atoms with Crippen LogP contribution in [0.5, 0.6) is 0 Å². The van der Waals surface area contributed by atoms with Crippen molar-refractivity contribution in [1.29, 1.82) is 0 Å². The predicted molar refractivity (Wildman–Crippen MR) is 66.9 cm³/mol. The fraction of sp³-hybridized carbons (Fsp3) is 0.923. The van der Waals surface area contributed by atoms with Crippen LogP contribution in [0.15, 0.2) is 0 Å². The number of carbonyl (C=O) groups is 1. The summed E-state index contributed by atoms with van der Waals surface area (Å²) < 4.78 is 0. The molecular weight excluding hydrogens is 224 g/mol. The van der Waals surface area contributed by atoms with Crippen LogP contribution in [0.25, 0.3) is 0 Å². The number of rotatable bonds is 8. The van der Waals surface area contributed by atoms with Crippen molar-refractivity contribution < 1.29 is 9.90 Å². The van der Waals surface area contributed by atoms with Crippen molar-refractivity contribution in [1.82, 2.24) is 0 Å². The number of carboxylic acid groups (broad SMARTS) is 1. The van der Waals surface area contributed by atoms with Crippen LogP contribution in [0.1, 0.15) is 64.7 Å². The van der Waals surface area contributed by atoms with E-state index in [1.807, 2.05) is 0 Å². The van der Waals surface area contributed by atoms with Crippen LogP contribution < -0.4 is 0 Å². The molecule has 94 valence electrons. The molecule has 1 aliphatic rings. The second-order valence-corrected chi connectivity index (χ2v) is 5.82. The SMILES string of the molecule is CCCCCCCCC1CC(Cl)(C(=O)O)C1. The van der Waals surface area contributed by atoms with Gasteiger partial charge in [0.1, 0.15) is 4.87 Å². The summed E-state index contributed by atoms with van der Waals surface area (Å²) in [6, 6.07) is 0. The Morgan fingerprint density at radius 1 is 1.25 bits per heavy atom. The number of hydrogen-bond donors (Lipinski definition) is 1. The molecule has 2 nitrogen and oxygen atoms in total. The molecule has 0 aromatic rings. The number of halogens is 1. The summed E-state index contributed by atoms with van der Waals surface area (Å²) in [5.74, 6) is -0.284. The van der Waals surface area contributed by atoms with E-state index in [2.05, 4.69) is 6.92 Å². The van der Waals surface area contributed by atoms with Gasteiger partial charge in [-0.3, -0.25) is 4.79 Å². The van der Waals surface area contributed by atoms with Crippen LogP contribution in [0.2, 0.25) is 0 Å². The van der Waals surface area contributed by atoms with Crippen molar-refractivity contribution in [2.24, 2.45) is 5.92 Å². The average molecular weight is 247 g/mol. The first-order valence-electron chi connectivity index (χ1n) is 6.51. The highest BCUT2D eigenvalue weighted by Crippen LogP contribution is 2.45. The minimum absolute atomic E-state index is 0.555. The molecule has 0 spiro atoms. The molecule has 0 atom stereocenters. The molecule has 0 radical (unpaired) electrons. The molecule has 1 rings (SSSR count). The van der Waals surface area contributed by atoms with Gasteiger partial charge in [-0.2, -0.15) is 0 Å². The van der Waals surface area contributed by atoms with E-state index < -0.39 is 10.8 Å². The molecule has 1 fully saturated rings. The highest BCUT2D eigenvalue weighted by Gasteiger charge is 2.48. The summed E-state index contributed by atoms with van der Waals surface area (Å²) >= 11 is 5.92. The van der Waals surface area contributed by atoms with Crippen LogP contribution in [-0.2, 0) is 4.79 Å². The molecule has 0 aliphatic heterocycles. The van der Waals surface area contributed by atoms with Gasteiger partial charge in [-0.15, -0.1) is 11.6 Å². The summed E-state index contributed by atoms with van der Waals surface area (Å²) in [5.41, 5.74) is 0. The van der Waals surface area contributed by atoms with E-state index in [1.165, 1.54) is 38.5 Å². The molecule has 0 saturated heterocycles. The number of hydrogen-bond acceptors (Lipinski definition) is 1. The van der Waals surface area contributed by atoms with Crippen LogP contribution in [-0.4, -0.2) is 16.0 Å². The Bertz CT molecular complexity index is 222. The normalized spacial score (nSPS) is 28.8. The first-order chi connectivity index (χ1) is 7.58. The molecule has 1 aliphatic carbocycles. The molecule has 16 heavy (non-hydrogen) atoms. The second-order valence-electron chi connectivity index (χ2n) is 5.10. The minimum atomic E-state index is -0.924. The predicted octanol–water partition coefficient (Wildman–Crippen LogP) is 4.21. The number of carboxylic acids is 1. The van der Waals surface area contributed by atoms with Crippen molar-refractivity contribution in [3.8, 4) is 0 Å². The molecule has 0 heterocycles. The third-order valence-electron chi connectivity index (χ3n) is 3.57. The zero-order chi connectivity index (χ0) is 12.0. The van der Waals surface area contributed by atoms with Gasteiger partial charge in [0.25, 0.3) is 0 Å². The Morgan fingerprint density at radius 3 is 2.38 bits per heavy atom. The maximum atomic E-state index is 10.8. The van der Waals surface area contributed by atoms with Crippen molar-refractivity contribution in [2.45, 2.75) is 69.6 Å². The van der Waals surface area contributed by atoms with Gasteiger partial charge in [0.2, 0.25) is 0 Å². The van der Waals surface area contributed by atoms with Gasteiger partial charge >= 0.3 is 5.97 Å². The average Bonchev–Trinajstić information content (AvgIpc) is 2.19. The molecule has 1 N–H and O–H groups in total. The fourth-order valence-corrected chi connectivity index (χ4v) is 2.88. The summed E-state index contributed by atoms with van der Waals surface area (Å²) in [7, 11) is 0. The second kappa shape index (κ2) is 6.48. The lowest BCUT2D eigenvalue weighted by Crippen LogP contribution is -2.45. The van der Waals surface area contributed by atoms with Gasteiger partial charge < -0.3 is 5.11 Å². The standard InChI is InChI=1S/C13H23ClO2/c1-2-3-4-5-6-7-8-11-9-13(14,10-11)12(15)16/h11H,2-10H2,1H3,(H,15,16). The van der Waals surface area contributed by atoms with E-state index in [0.717, 1.165) is 6.42 Å². The van der Waals surface area contributed by atoms with Gasteiger partial charge in [0.05, 0.1) is 0 Å². The summed E-state index contributed by atoms with van der Waals surface area (Å²) in [5, 5.41) is 8.85. The molecule has 0 unspecified atom stereocenters. The van der Waals surface area contributed by atoms with E-state index in [1.54, 1.807) is 0 Å². The highest BCUT2D eigenvalue weighted by atomic mass is 35.5. The Balaban J connectivity index is 1.95. The van der Waals surface area contributed by atoms with E-state index in [4.69, 9.17) is 16.7 Å². The van der Waals surface area contributed by atoms with Crippen molar-refractivity contribution in [3.05, 3.63) is 0 Å². The molecule has 0 aromatic heterocycles. The van der Waals surface area contributed by atoms with E-state index in [9.17, 15) is 4.79 Å². The summed E-state index contributed by atoms with van der Waals surface area (Å²) in [6.07, 6.45) is 10.3. The quantitative estimate of drug-likeness (QED) is 0.515. The lowest BCUT2D eigenvalue weighted by molar-refractivity contribution is -0.144. The van der Waals surface area contributed by atoms with Crippen molar-refractivity contribution >= 4 is 17.6 Å². The largest absolute Gasteiger partial charge is 0.480 e. The smallest absolute Gasteiger partial charge is 0.324 e. The molecule has 0 bridgehead atoms. The van der Waals surface area contributed by atoms with Crippen LogP contribution in [0.3, 0.4) is 0 Å². The Morgan fingerprint density at radius 2 is 1.81 bits per heavy atom. The topological polar surface area (TPSA) is 37.3 Å². The fourth-order valence-electron chi connectivity index (χ4n) is 2.45. The maximum Gasteiger partial charge on any atom is 0.324 e. The molecule has 3 heteroatoms. The monoisotopic (exact) mass is 246 g/mol. The Kier molecular flexibility index (Phi) is 5.60. The first-order valence-corrected chi connectivity index (χ1v) is 6.88. The number of aliphatic carboxylic acids is 1. The van der Waals surface area contributed by atoms with Crippen molar-refractivity contribution in [3.63, 3.8) is 0 Å². The summed E-state index contributed by atoms with van der Waals surface area (Å²) in [4.78, 5) is 9.84. The van der Waals surface area contributed by atoms with Gasteiger partial charge in [0, 0.05) is 0 Å². The number of alkyl halides is 1. The molecule has 0 aromatic carbocycles. The summed E-state index contributed by atoms with van der Waals surface area (Å²) in [6.45, 7) is 2.22. The van der Waals surface area contributed by atoms with Gasteiger partial charge in [-0.05, 0) is 18.8 Å². The molecular formula is C13H23ClO2. The zero-order valence-corrected chi connectivity index (χ0v) is 10.9. The van der Waals surface area contributed by atoms with Crippen LogP contribution in [0.4, 0.5) is 0 Å². The van der Waals surface area contributed by atoms with Crippen LogP contribution >= 0.6 is 11.6 Å². The molecule has 1 saturated carbocycles.